The maximum absolute atomic E-state index is 10.9. The number of hydrogen-bond donors (Lipinski definition) is 1. The smallest absolute Gasteiger partial charge is 0.269 e. The van der Waals surface area contributed by atoms with E-state index in [2.05, 4.69) is 10.0 Å². The third-order valence-corrected chi connectivity index (χ3v) is 2.10. The Kier molecular flexibility index (Phi) is 4.02. The molecule has 8 heteroatoms. The van der Waals surface area contributed by atoms with E-state index in [0.29, 0.717) is 5.56 Å². The lowest BCUT2D eigenvalue weighted by Gasteiger charge is -2.06. The van der Waals surface area contributed by atoms with Crippen molar-refractivity contribution < 1.29 is 9.72 Å². The van der Waals surface area contributed by atoms with E-state index >= 15 is 0 Å². The molecule has 1 aromatic rings. The minimum atomic E-state index is -0.985. The lowest BCUT2D eigenvalue weighted by atomic mass is 10.1. The van der Waals surface area contributed by atoms with Gasteiger partial charge in [-0.05, 0) is 17.5 Å². The van der Waals surface area contributed by atoms with Crippen molar-refractivity contribution in [1.29, 1.82) is 0 Å². The molecule has 0 fully saturated rings. The molecule has 0 heterocycles. The molecule has 1 unspecified atom stereocenters. The fourth-order valence-corrected chi connectivity index (χ4v) is 1.24. The average Bonchev–Trinajstić information content (AvgIpc) is 2.29. The van der Waals surface area contributed by atoms with Crippen molar-refractivity contribution >= 4 is 11.6 Å². The highest BCUT2D eigenvalue weighted by atomic mass is 16.6. The van der Waals surface area contributed by atoms with E-state index in [-0.39, 0.29) is 12.1 Å². The summed E-state index contributed by atoms with van der Waals surface area (Å²) in [4.78, 5) is 23.3. The van der Waals surface area contributed by atoms with Crippen LogP contribution in [0.3, 0.4) is 0 Å². The van der Waals surface area contributed by atoms with Crippen molar-refractivity contribution in [3.63, 3.8) is 0 Å². The van der Waals surface area contributed by atoms with Crippen molar-refractivity contribution in [2.75, 3.05) is 0 Å². The van der Waals surface area contributed by atoms with Crippen LogP contribution in [0.4, 0.5) is 5.69 Å². The van der Waals surface area contributed by atoms with Gasteiger partial charge in [0, 0.05) is 17.0 Å². The first-order chi connectivity index (χ1) is 8.04. The van der Waals surface area contributed by atoms with Crippen LogP contribution in [0.2, 0.25) is 0 Å². The van der Waals surface area contributed by atoms with Gasteiger partial charge in [-0.3, -0.25) is 14.9 Å². The van der Waals surface area contributed by atoms with Crippen LogP contribution in [0.5, 0.6) is 0 Å². The molecule has 1 aromatic carbocycles. The topological polar surface area (TPSA) is 135 Å². The standard InChI is InChI=1S/C9H9N5O3/c10-9(15)8(12-13-11)5-6-1-3-7(4-2-6)14(16)17/h1-4,8H,5H2,(H2,10,15). The molecule has 0 aliphatic rings. The Labute approximate surface area is 95.8 Å². The lowest BCUT2D eigenvalue weighted by Crippen LogP contribution is -2.28. The number of rotatable bonds is 5. The van der Waals surface area contributed by atoms with Gasteiger partial charge in [-0.15, -0.1) is 0 Å². The summed E-state index contributed by atoms with van der Waals surface area (Å²) in [6, 6.07) is 4.61. The molecule has 17 heavy (non-hydrogen) atoms. The number of nitrogens with two attached hydrogens (primary N) is 1. The van der Waals surface area contributed by atoms with E-state index < -0.39 is 16.9 Å². The number of primary amides is 1. The molecule has 8 nitrogen and oxygen atoms in total. The lowest BCUT2D eigenvalue weighted by molar-refractivity contribution is -0.384. The number of carbonyl (C=O) groups excluding carboxylic acids is 1. The molecule has 0 saturated heterocycles. The molecule has 2 N–H and O–H groups in total. The van der Waals surface area contributed by atoms with Crippen LogP contribution < -0.4 is 5.73 Å². The van der Waals surface area contributed by atoms with Crippen LogP contribution in [-0.4, -0.2) is 16.9 Å². The average molecular weight is 235 g/mol. The number of carbonyl (C=O) groups is 1. The molecule has 0 bridgehead atoms. The molecular formula is C9H9N5O3. The number of amides is 1. The second-order valence-electron chi connectivity index (χ2n) is 3.25. The minimum absolute atomic E-state index is 0.0480. The molecule has 0 saturated carbocycles. The van der Waals surface area contributed by atoms with Gasteiger partial charge in [0.1, 0.15) is 6.04 Å². The van der Waals surface area contributed by atoms with Crippen LogP contribution >= 0.6 is 0 Å². The predicted molar refractivity (Wildman–Crippen MR) is 58.9 cm³/mol. The Balaban J connectivity index is 2.83. The van der Waals surface area contributed by atoms with Crippen molar-refractivity contribution in [3.8, 4) is 0 Å². The molecule has 1 amide bonds. The van der Waals surface area contributed by atoms with Gasteiger partial charge in [0.25, 0.3) is 5.69 Å². The maximum atomic E-state index is 10.9. The fraction of sp³-hybridized carbons (Fsp3) is 0.222. The van der Waals surface area contributed by atoms with E-state index in [1.54, 1.807) is 0 Å². The number of azide groups is 1. The summed E-state index contributed by atoms with van der Waals surface area (Å²) in [7, 11) is 0. The van der Waals surface area contributed by atoms with Crippen molar-refractivity contribution in [1.82, 2.24) is 0 Å². The molecule has 0 spiro atoms. The van der Waals surface area contributed by atoms with Crippen molar-refractivity contribution in [2.24, 2.45) is 10.8 Å². The molecule has 0 aromatic heterocycles. The van der Waals surface area contributed by atoms with E-state index in [9.17, 15) is 14.9 Å². The van der Waals surface area contributed by atoms with Crippen LogP contribution in [0.15, 0.2) is 29.4 Å². The first kappa shape index (κ1) is 12.5. The second-order valence-corrected chi connectivity index (χ2v) is 3.25. The number of nitro groups is 1. The number of non-ortho nitro benzene ring substituents is 1. The summed E-state index contributed by atoms with van der Waals surface area (Å²) in [5, 5.41) is 13.7. The first-order valence-corrected chi connectivity index (χ1v) is 4.61. The monoisotopic (exact) mass is 235 g/mol. The third kappa shape index (κ3) is 3.47. The predicted octanol–water partition coefficient (Wildman–Crippen LogP) is 1.30. The fourth-order valence-electron chi connectivity index (χ4n) is 1.24. The van der Waals surface area contributed by atoms with Gasteiger partial charge in [0.05, 0.1) is 4.92 Å². The normalized spacial score (nSPS) is 11.3. The van der Waals surface area contributed by atoms with E-state index in [4.69, 9.17) is 11.3 Å². The Bertz CT molecular complexity index is 476. The Morgan fingerprint density at radius 1 is 1.53 bits per heavy atom. The summed E-state index contributed by atoms with van der Waals surface area (Å²) < 4.78 is 0. The highest BCUT2D eigenvalue weighted by Crippen LogP contribution is 2.14. The number of nitrogens with zero attached hydrogens (tertiary/aromatic N) is 4. The zero-order chi connectivity index (χ0) is 12.8. The van der Waals surface area contributed by atoms with E-state index in [1.807, 2.05) is 0 Å². The molecule has 1 atom stereocenters. The molecular weight excluding hydrogens is 226 g/mol. The Hall–Kier alpha value is -2.60. The van der Waals surface area contributed by atoms with Gasteiger partial charge in [0.15, 0.2) is 0 Å². The summed E-state index contributed by atoms with van der Waals surface area (Å²) in [5.74, 6) is -0.735. The maximum Gasteiger partial charge on any atom is 0.269 e. The van der Waals surface area contributed by atoms with Crippen molar-refractivity contribution in [3.05, 3.63) is 50.4 Å². The molecule has 0 aliphatic carbocycles. The summed E-state index contributed by atoms with van der Waals surface area (Å²) in [6.07, 6.45) is 0.122. The molecule has 0 radical (unpaired) electrons. The molecule has 1 rings (SSSR count). The van der Waals surface area contributed by atoms with Gasteiger partial charge in [0.2, 0.25) is 5.91 Å². The van der Waals surface area contributed by atoms with Crippen LogP contribution in [0, 0.1) is 10.1 Å². The van der Waals surface area contributed by atoms with Crippen LogP contribution in [0.1, 0.15) is 5.56 Å². The third-order valence-electron chi connectivity index (χ3n) is 2.10. The van der Waals surface area contributed by atoms with Gasteiger partial charge in [-0.2, -0.15) is 0 Å². The summed E-state index contributed by atoms with van der Waals surface area (Å²) >= 11 is 0. The van der Waals surface area contributed by atoms with E-state index in [0.717, 1.165) is 0 Å². The zero-order valence-corrected chi connectivity index (χ0v) is 8.68. The van der Waals surface area contributed by atoms with Crippen LogP contribution in [0.25, 0.3) is 10.4 Å². The highest BCUT2D eigenvalue weighted by molar-refractivity contribution is 5.80. The molecule has 88 valence electrons. The summed E-state index contributed by atoms with van der Waals surface area (Å²) in [6.45, 7) is 0. The van der Waals surface area contributed by atoms with Crippen molar-refractivity contribution in [2.45, 2.75) is 12.5 Å². The minimum Gasteiger partial charge on any atom is -0.369 e. The number of hydrogen-bond acceptors (Lipinski definition) is 4. The number of nitro benzene ring substituents is 1. The van der Waals surface area contributed by atoms with E-state index in [1.165, 1.54) is 24.3 Å². The van der Waals surface area contributed by atoms with Gasteiger partial charge >= 0.3 is 0 Å². The Morgan fingerprint density at radius 3 is 2.53 bits per heavy atom. The Morgan fingerprint density at radius 2 is 2.12 bits per heavy atom. The van der Waals surface area contributed by atoms with Gasteiger partial charge in [-0.25, -0.2) is 0 Å². The largest absolute Gasteiger partial charge is 0.369 e. The summed E-state index contributed by atoms with van der Waals surface area (Å²) in [5.41, 5.74) is 13.9. The molecule has 0 aliphatic heterocycles. The SMILES string of the molecule is [N-]=[N+]=NC(Cc1ccc([N+](=O)[O-])cc1)C(N)=O. The van der Waals surface area contributed by atoms with Crippen LogP contribution in [-0.2, 0) is 11.2 Å². The quantitative estimate of drug-likeness (QED) is 0.271. The van der Waals surface area contributed by atoms with Gasteiger partial charge < -0.3 is 5.73 Å². The second kappa shape index (κ2) is 5.47. The van der Waals surface area contributed by atoms with Gasteiger partial charge in [-0.1, -0.05) is 17.2 Å². The zero-order valence-electron chi connectivity index (χ0n) is 8.68. The number of benzene rings is 1. The first-order valence-electron chi connectivity index (χ1n) is 4.61. The highest BCUT2D eigenvalue weighted by Gasteiger charge is 2.14.